The van der Waals surface area contributed by atoms with Crippen molar-refractivity contribution in [1.82, 2.24) is 4.90 Å². The zero-order valence-electron chi connectivity index (χ0n) is 20.9. The van der Waals surface area contributed by atoms with Gasteiger partial charge in [-0.1, -0.05) is 42.5 Å². The molecule has 3 aromatic carbocycles. The van der Waals surface area contributed by atoms with E-state index >= 15 is 0 Å². The maximum atomic E-state index is 13.3. The number of likely N-dealkylation sites (N-methyl/N-ethyl adjacent to an activating group) is 1. The average Bonchev–Trinajstić information content (AvgIpc) is 3.17. The zero-order valence-corrected chi connectivity index (χ0v) is 20.9. The molecule has 35 heavy (non-hydrogen) atoms. The summed E-state index contributed by atoms with van der Waals surface area (Å²) in [6.07, 6.45) is 0.984. The Morgan fingerprint density at radius 2 is 1.57 bits per heavy atom. The SMILES string of the molecule is CCOc1cc2c(cc1OCC)/C(=C(/Nc1ccc(CCN(C)C)cc1)c1ccccc1)C(=O)N2. The Morgan fingerprint density at radius 1 is 0.914 bits per heavy atom. The van der Waals surface area contributed by atoms with E-state index < -0.39 is 0 Å². The Bertz CT molecular complexity index is 1200. The van der Waals surface area contributed by atoms with E-state index in [0.29, 0.717) is 36.0 Å². The summed E-state index contributed by atoms with van der Waals surface area (Å²) in [5.74, 6) is 1.09. The van der Waals surface area contributed by atoms with Crippen LogP contribution >= 0.6 is 0 Å². The van der Waals surface area contributed by atoms with Crippen molar-refractivity contribution < 1.29 is 14.3 Å². The molecule has 4 rings (SSSR count). The molecule has 1 aliphatic heterocycles. The van der Waals surface area contributed by atoms with Gasteiger partial charge in [-0.25, -0.2) is 0 Å². The van der Waals surface area contributed by atoms with E-state index in [9.17, 15) is 4.79 Å². The van der Waals surface area contributed by atoms with Crippen LogP contribution in [0, 0.1) is 0 Å². The molecule has 1 heterocycles. The molecule has 0 unspecified atom stereocenters. The second-order valence-corrected chi connectivity index (χ2v) is 8.66. The Morgan fingerprint density at radius 3 is 2.20 bits per heavy atom. The maximum absolute atomic E-state index is 13.3. The molecule has 0 spiro atoms. The lowest BCUT2D eigenvalue weighted by Gasteiger charge is -2.16. The first kappa shape index (κ1) is 24.4. The number of ether oxygens (including phenoxy) is 2. The Kier molecular flexibility index (Phi) is 7.73. The fourth-order valence-electron chi connectivity index (χ4n) is 4.10. The number of carbonyl (C=O) groups is 1. The van der Waals surface area contributed by atoms with Crippen LogP contribution in [0.25, 0.3) is 11.3 Å². The molecule has 0 atom stereocenters. The third-order valence-electron chi connectivity index (χ3n) is 5.81. The number of anilines is 2. The highest BCUT2D eigenvalue weighted by Crippen LogP contribution is 2.43. The lowest BCUT2D eigenvalue weighted by molar-refractivity contribution is -0.110. The highest BCUT2D eigenvalue weighted by atomic mass is 16.5. The van der Waals surface area contributed by atoms with Crippen molar-refractivity contribution >= 4 is 28.6 Å². The second kappa shape index (κ2) is 11.1. The van der Waals surface area contributed by atoms with Gasteiger partial charge in [-0.2, -0.15) is 0 Å². The average molecular weight is 472 g/mol. The van der Waals surface area contributed by atoms with Gasteiger partial charge in [0.1, 0.15) is 0 Å². The standard InChI is InChI=1S/C29H33N3O3/c1-5-34-25-18-23-24(19-26(25)35-6-2)31-29(33)27(23)28(21-10-8-7-9-11-21)30-22-14-12-20(13-15-22)16-17-32(3)4/h7-15,18-19,30H,5-6,16-17H2,1-4H3,(H,31,33)/b28-27-. The molecule has 0 fully saturated rings. The van der Waals surface area contributed by atoms with Gasteiger partial charge in [0.05, 0.1) is 30.2 Å². The molecule has 0 aromatic heterocycles. The van der Waals surface area contributed by atoms with Gasteiger partial charge in [-0.3, -0.25) is 4.79 Å². The van der Waals surface area contributed by atoms with Crippen molar-refractivity contribution in [2.75, 3.05) is 44.5 Å². The monoisotopic (exact) mass is 471 g/mol. The number of benzene rings is 3. The highest BCUT2D eigenvalue weighted by Gasteiger charge is 2.30. The number of carbonyl (C=O) groups excluding carboxylic acids is 1. The summed E-state index contributed by atoms with van der Waals surface area (Å²) < 4.78 is 11.6. The van der Waals surface area contributed by atoms with E-state index in [2.05, 4.69) is 53.9 Å². The van der Waals surface area contributed by atoms with Crippen LogP contribution in [-0.2, 0) is 11.2 Å². The zero-order chi connectivity index (χ0) is 24.8. The summed E-state index contributed by atoms with van der Waals surface area (Å²) in [5.41, 5.74) is 5.94. The third kappa shape index (κ3) is 5.66. The molecule has 0 bridgehead atoms. The lowest BCUT2D eigenvalue weighted by Crippen LogP contribution is -2.15. The fourth-order valence-corrected chi connectivity index (χ4v) is 4.10. The van der Waals surface area contributed by atoms with Crippen LogP contribution < -0.4 is 20.1 Å². The first-order valence-electron chi connectivity index (χ1n) is 12.1. The topological polar surface area (TPSA) is 62.8 Å². The lowest BCUT2D eigenvalue weighted by atomic mass is 9.99. The fraction of sp³-hybridized carbons (Fsp3) is 0.276. The van der Waals surface area contributed by atoms with Crippen molar-refractivity contribution in [1.29, 1.82) is 0 Å². The van der Waals surface area contributed by atoms with Gasteiger partial charge in [0.15, 0.2) is 11.5 Å². The van der Waals surface area contributed by atoms with Gasteiger partial charge < -0.3 is 25.0 Å². The number of fused-ring (bicyclic) bond motifs is 1. The van der Waals surface area contributed by atoms with Gasteiger partial charge in [0.25, 0.3) is 5.91 Å². The molecule has 1 amide bonds. The predicted octanol–water partition coefficient (Wildman–Crippen LogP) is 5.52. The van der Waals surface area contributed by atoms with Crippen LogP contribution in [0.1, 0.15) is 30.5 Å². The van der Waals surface area contributed by atoms with Crippen LogP contribution in [0.4, 0.5) is 11.4 Å². The highest BCUT2D eigenvalue weighted by molar-refractivity contribution is 6.37. The molecule has 0 radical (unpaired) electrons. The Balaban J connectivity index is 1.77. The summed E-state index contributed by atoms with van der Waals surface area (Å²) in [5, 5.41) is 6.54. The predicted molar refractivity (Wildman–Crippen MR) is 143 cm³/mol. The van der Waals surface area contributed by atoms with Crippen LogP contribution in [0.15, 0.2) is 66.7 Å². The molecular weight excluding hydrogens is 438 g/mol. The van der Waals surface area contributed by atoms with Gasteiger partial charge in [0.2, 0.25) is 0 Å². The van der Waals surface area contributed by atoms with Gasteiger partial charge in [-0.05, 0) is 63.7 Å². The molecule has 1 aliphatic rings. The number of rotatable bonds is 10. The first-order chi connectivity index (χ1) is 17.0. The van der Waals surface area contributed by atoms with Crippen molar-refractivity contribution in [3.8, 4) is 11.5 Å². The number of amides is 1. The summed E-state index contributed by atoms with van der Waals surface area (Å²) in [4.78, 5) is 15.5. The minimum atomic E-state index is -0.162. The van der Waals surface area contributed by atoms with E-state index in [0.717, 1.165) is 35.5 Å². The Labute approximate surface area is 207 Å². The van der Waals surface area contributed by atoms with Gasteiger partial charge in [-0.15, -0.1) is 0 Å². The molecule has 0 aliphatic carbocycles. The minimum absolute atomic E-state index is 0.162. The largest absolute Gasteiger partial charge is 0.490 e. The second-order valence-electron chi connectivity index (χ2n) is 8.66. The number of hydrogen-bond acceptors (Lipinski definition) is 5. The van der Waals surface area contributed by atoms with Gasteiger partial charge >= 0.3 is 0 Å². The van der Waals surface area contributed by atoms with Crippen LogP contribution in [-0.4, -0.2) is 44.7 Å². The number of hydrogen-bond donors (Lipinski definition) is 2. The molecule has 0 saturated carbocycles. The van der Waals surface area contributed by atoms with E-state index in [-0.39, 0.29) is 5.91 Å². The summed E-state index contributed by atoms with van der Waals surface area (Å²) in [7, 11) is 4.15. The first-order valence-corrected chi connectivity index (χ1v) is 12.1. The number of nitrogens with one attached hydrogen (secondary N) is 2. The van der Waals surface area contributed by atoms with E-state index in [1.807, 2.05) is 56.3 Å². The molecular formula is C29H33N3O3. The van der Waals surface area contributed by atoms with E-state index in [1.165, 1.54) is 5.56 Å². The van der Waals surface area contributed by atoms with E-state index in [1.54, 1.807) is 0 Å². The summed E-state index contributed by atoms with van der Waals surface area (Å²) >= 11 is 0. The third-order valence-corrected chi connectivity index (χ3v) is 5.81. The van der Waals surface area contributed by atoms with Crippen LogP contribution in [0.5, 0.6) is 11.5 Å². The minimum Gasteiger partial charge on any atom is -0.490 e. The molecule has 3 aromatic rings. The molecule has 6 nitrogen and oxygen atoms in total. The molecule has 6 heteroatoms. The van der Waals surface area contributed by atoms with Gasteiger partial charge in [0, 0.05) is 23.9 Å². The van der Waals surface area contributed by atoms with Crippen molar-refractivity contribution in [3.63, 3.8) is 0 Å². The Hall–Kier alpha value is -3.77. The molecule has 2 N–H and O–H groups in total. The summed E-state index contributed by atoms with van der Waals surface area (Å²) in [6, 6.07) is 22.0. The van der Waals surface area contributed by atoms with Crippen LogP contribution in [0.2, 0.25) is 0 Å². The maximum Gasteiger partial charge on any atom is 0.258 e. The quantitative estimate of drug-likeness (QED) is 0.381. The summed E-state index contributed by atoms with van der Waals surface area (Å²) in [6.45, 7) is 5.87. The van der Waals surface area contributed by atoms with Crippen molar-refractivity contribution in [3.05, 3.63) is 83.4 Å². The van der Waals surface area contributed by atoms with Crippen LogP contribution in [0.3, 0.4) is 0 Å². The smallest absolute Gasteiger partial charge is 0.258 e. The normalized spacial score (nSPS) is 13.9. The number of nitrogens with zero attached hydrogens (tertiary/aromatic N) is 1. The van der Waals surface area contributed by atoms with Crippen molar-refractivity contribution in [2.45, 2.75) is 20.3 Å². The van der Waals surface area contributed by atoms with Crippen molar-refractivity contribution in [2.24, 2.45) is 0 Å². The van der Waals surface area contributed by atoms with E-state index in [4.69, 9.17) is 9.47 Å². The molecule has 182 valence electrons. The molecule has 0 saturated heterocycles.